The van der Waals surface area contributed by atoms with Crippen LogP contribution in [0.1, 0.15) is 52.5 Å². The van der Waals surface area contributed by atoms with Crippen LogP contribution in [0.15, 0.2) is 75.5 Å². The zero-order valence-electron chi connectivity index (χ0n) is 24.8. The molecule has 2 aliphatic rings. The van der Waals surface area contributed by atoms with Crippen molar-refractivity contribution in [3.63, 3.8) is 0 Å². The van der Waals surface area contributed by atoms with E-state index in [1.165, 1.54) is 11.8 Å². The van der Waals surface area contributed by atoms with Crippen molar-refractivity contribution in [1.82, 2.24) is 24.4 Å². The van der Waals surface area contributed by atoms with Gasteiger partial charge in [0.2, 0.25) is 5.95 Å². The van der Waals surface area contributed by atoms with E-state index in [0.29, 0.717) is 48.5 Å². The molecule has 1 aromatic carbocycles. The van der Waals surface area contributed by atoms with Crippen LogP contribution >= 0.6 is 11.8 Å². The van der Waals surface area contributed by atoms with E-state index in [9.17, 15) is 9.59 Å². The number of nitrogens with one attached hydrogen (secondary N) is 1. The molecule has 1 amide bonds. The van der Waals surface area contributed by atoms with Gasteiger partial charge in [-0.1, -0.05) is 42.8 Å². The Labute approximate surface area is 255 Å². The van der Waals surface area contributed by atoms with Crippen molar-refractivity contribution in [2.75, 3.05) is 36.4 Å². The van der Waals surface area contributed by atoms with Crippen LogP contribution in [-0.4, -0.2) is 62.3 Å². The number of fused-ring (bicyclic) bond motifs is 1. The van der Waals surface area contributed by atoms with E-state index in [2.05, 4.69) is 20.2 Å². The Kier molecular flexibility index (Phi) is 8.25. The van der Waals surface area contributed by atoms with Crippen LogP contribution in [-0.2, 0) is 4.74 Å². The van der Waals surface area contributed by atoms with E-state index < -0.39 is 5.60 Å². The van der Waals surface area contributed by atoms with Crippen LogP contribution in [0, 0.1) is 0 Å². The number of aromatic nitrogens is 4. The van der Waals surface area contributed by atoms with Gasteiger partial charge in [-0.05, 0) is 63.9 Å². The zero-order chi connectivity index (χ0) is 30.0. The molecule has 1 saturated carbocycles. The summed E-state index contributed by atoms with van der Waals surface area (Å²) in [5, 5.41) is 4.06. The van der Waals surface area contributed by atoms with Crippen LogP contribution in [0.2, 0.25) is 0 Å². The van der Waals surface area contributed by atoms with Crippen LogP contribution in [0.4, 0.5) is 22.2 Å². The monoisotopic (exact) mass is 599 g/mol. The van der Waals surface area contributed by atoms with Crippen molar-refractivity contribution in [1.29, 1.82) is 0 Å². The van der Waals surface area contributed by atoms with Gasteiger partial charge in [0.25, 0.3) is 5.56 Å². The van der Waals surface area contributed by atoms with Gasteiger partial charge in [-0.15, -0.1) is 0 Å². The Morgan fingerprint density at radius 2 is 1.72 bits per heavy atom. The summed E-state index contributed by atoms with van der Waals surface area (Å²) in [5.74, 6) is 1.01. The Morgan fingerprint density at radius 3 is 2.40 bits per heavy atom. The number of piperazine rings is 1. The third-order valence-corrected chi connectivity index (χ3v) is 8.71. The SMILES string of the molecule is CC(C)(C)OC(=O)N1CCN(c2ccc(Nc3ncc4cc(Sc5ccccc5)c(=O)n(C5CCCC5)c4n3)nc2)CC1. The molecule has 2 fully saturated rings. The first kappa shape index (κ1) is 29.0. The second-order valence-electron chi connectivity index (χ2n) is 12.0. The highest BCUT2D eigenvalue weighted by Gasteiger charge is 2.26. The lowest BCUT2D eigenvalue weighted by molar-refractivity contribution is 0.0240. The van der Waals surface area contributed by atoms with E-state index in [1.807, 2.05) is 80.1 Å². The fourth-order valence-corrected chi connectivity index (χ4v) is 6.50. The third-order valence-electron chi connectivity index (χ3n) is 7.69. The molecule has 6 rings (SSSR count). The molecule has 1 N–H and O–H groups in total. The van der Waals surface area contributed by atoms with Gasteiger partial charge < -0.3 is 19.9 Å². The standard InChI is InChI=1S/C32H37N7O3S/c1-32(2,3)42-31(41)38-17-15-37(16-18-38)24-13-14-27(33-21-24)35-30-34-20-22-19-26(43-25-11-5-4-6-12-25)29(40)39(28(22)36-30)23-9-7-8-10-23/h4-6,11-14,19-21,23H,7-10,15-18H2,1-3H3,(H,33,34,35,36). The molecule has 0 spiro atoms. The fourth-order valence-electron chi connectivity index (χ4n) is 5.58. The second kappa shape index (κ2) is 12.2. The van der Waals surface area contributed by atoms with E-state index in [-0.39, 0.29) is 17.7 Å². The lowest BCUT2D eigenvalue weighted by Crippen LogP contribution is -2.50. The Bertz CT molecular complexity index is 1640. The maximum atomic E-state index is 13.8. The van der Waals surface area contributed by atoms with Gasteiger partial charge in [-0.25, -0.2) is 14.8 Å². The number of rotatable bonds is 6. The van der Waals surface area contributed by atoms with Crippen molar-refractivity contribution < 1.29 is 9.53 Å². The fraction of sp³-hybridized carbons (Fsp3) is 0.406. The quantitative estimate of drug-likeness (QED) is 0.275. The van der Waals surface area contributed by atoms with Crippen LogP contribution < -0.4 is 15.8 Å². The number of nitrogens with zero attached hydrogens (tertiary/aromatic N) is 6. The predicted molar refractivity (Wildman–Crippen MR) is 169 cm³/mol. The summed E-state index contributed by atoms with van der Waals surface area (Å²) in [6.07, 6.45) is 7.47. The molecule has 4 aromatic rings. The Balaban J connectivity index is 1.18. The molecule has 0 bridgehead atoms. The number of ether oxygens (including phenoxy) is 1. The predicted octanol–water partition coefficient (Wildman–Crippen LogP) is 6.25. The van der Waals surface area contributed by atoms with Gasteiger partial charge in [0.05, 0.1) is 16.8 Å². The van der Waals surface area contributed by atoms with Gasteiger partial charge in [-0.3, -0.25) is 9.36 Å². The highest BCUT2D eigenvalue weighted by atomic mass is 32.2. The first-order valence-corrected chi connectivity index (χ1v) is 15.7. The molecule has 3 aromatic heterocycles. The van der Waals surface area contributed by atoms with Gasteiger partial charge in [-0.2, -0.15) is 4.98 Å². The number of pyridine rings is 2. The zero-order valence-corrected chi connectivity index (χ0v) is 25.6. The number of benzene rings is 1. The largest absolute Gasteiger partial charge is 0.444 e. The highest BCUT2D eigenvalue weighted by Crippen LogP contribution is 2.33. The minimum Gasteiger partial charge on any atom is -0.444 e. The maximum absolute atomic E-state index is 13.8. The summed E-state index contributed by atoms with van der Waals surface area (Å²) in [5.41, 5.74) is 1.11. The lowest BCUT2D eigenvalue weighted by Gasteiger charge is -2.36. The molecule has 10 nitrogen and oxygen atoms in total. The summed E-state index contributed by atoms with van der Waals surface area (Å²) < 4.78 is 7.39. The molecule has 43 heavy (non-hydrogen) atoms. The summed E-state index contributed by atoms with van der Waals surface area (Å²) in [7, 11) is 0. The number of anilines is 3. The average molecular weight is 600 g/mol. The van der Waals surface area contributed by atoms with E-state index in [0.717, 1.165) is 41.7 Å². The van der Waals surface area contributed by atoms with E-state index in [1.54, 1.807) is 11.1 Å². The molecule has 224 valence electrons. The van der Waals surface area contributed by atoms with Crippen molar-refractivity contribution in [3.05, 3.63) is 71.3 Å². The molecule has 1 saturated heterocycles. The van der Waals surface area contributed by atoms with E-state index in [4.69, 9.17) is 9.72 Å². The average Bonchev–Trinajstić information content (AvgIpc) is 3.53. The minimum atomic E-state index is -0.506. The summed E-state index contributed by atoms with van der Waals surface area (Å²) >= 11 is 1.48. The number of amides is 1. The molecule has 4 heterocycles. The second-order valence-corrected chi connectivity index (χ2v) is 13.1. The van der Waals surface area contributed by atoms with Gasteiger partial charge in [0.1, 0.15) is 17.1 Å². The summed E-state index contributed by atoms with van der Waals surface area (Å²) in [4.78, 5) is 45.8. The molecular weight excluding hydrogens is 562 g/mol. The Hall–Kier alpha value is -4.12. The summed E-state index contributed by atoms with van der Waals surface area (Å²) in [6, 6.07) is 15.9. The van der Waals surface area contributed by atoms with Gasteiger partial charge in [0, 0.05) is 48.7 Å². The van der Waals surface area contributed by atoms with Crippen molar-refractivity contribution in [2.24, 2.45) is 0 Å². The van der Waals surface area contributed by atoms with Crippen LogP contribution in [0.25, 0.3) is 11.0 Å². The first-order chi connectivity index (χ1) is 20.7. The minimum absolute atomic E-state index is 0.00727. The third kappa shape index (κ3) is 6.77. The number of hydrogen-bond donors (Lipinski definition) is 1. The molecule has 0 unspecified atom stereocenters. The van der Waals surface area contributed by atoms with Gasteiger partial charge in [0.15, 0.2) is 0 Å². The molecule has 1 aliphatic carbocycles. The van der Waals surface area contributed by atoms with Crippen LogP contribution in [0.3, 0.4) is 0 Å². The molecular formula is C32H37N7O3S. The molecule has 0 atom stereocenters. The van der Waals surface area contributed by atoms with Crippen molar-refractivity contribution in [2.45, 2.75) is 67.9 Å². The molecule has 0 radical (unpaired) electrons. The number of carbonyl (C=O) groups is 1. The first-order valence-electron chi connectivity index (χ1n) is 14.8. The number of carbonyl (C=O) groups excluding carboxylic acids is 1. The smallest absolute Gasteiger partial charge is 0.410 e. The molecule has 11 heteroatoms. The van der Waals surface area contributed by atoms with Crippen LogP contribution in [0.5, 0.6) is 0 Å². The lowest BCUT2D eigenvalue weighted by atomic mass is 10.2. The molecule has 1 aliphatic heterocycles. The normalized spacial score (nSPS) is 16.1. The maximum Gasteiger partial charge on any atom is 0.410 e. The van der Waals surface area contributed by atoms with E-state index >= 15 is 0 Å². The highest BCUT2D eigenvalue weighted by molar-refractivity contribution is 7.99. The van der Waals surface area contributed by atoms with Crippen molar-refractivity contribution in [3.8, 4) is 0 Å². The number of hydrogen-bond acceptors (Lipinski definition) is 9. The Morgan fingerprint density at radius 1 is 0.977 bits per heavy atom. The van der Waals surface area contributed by atoms with Crippen molar-refractivity contribution >= 4 is 46.3 Å². The summed E-state index contributed by atoms with van der Waals surface area (Å²) in [6.45, 7) is 8.21. The topological polar surface area (TPSA) is 105 Å². The van der Waals surface area contributed by atoms with Gasteiger partial charge >= 0.3 is 6.09 Å².